The lowest BCUT2D eigenvalue weighted by molar-refractivity contribution is 0.420. The second-order valence-electron chi connectivity index (χ2n) is 6.09. The number of hydrogen-bond acceptors (Lipinski definition) is 7. The molecule has 138 valence electrons. The standard InChI is InChI=1S/C18H14N8O2/c1-28-16-9(5-6-11-15(16)23-25-22-11)12-8-13(27)26-18(21-12)14(17(19)24-26)10-4-2-3-7-20-10/h2-8,24H,19H2,1H3,(H,22,23,25). The molecule has 0 spiro atoms. The van der Waals surface area contributed by atoms with E-state index in [9.17, 15) is 4.79 Å². The first-order valence-corrected chi connectivity index (χ1v) is 8.38. The highest BCUT2D eigenvalue weighted by Gasteiger charge is 2.19. The fourth-order valence-corrected chi connectivity index (χ4v) is 3.25. The van der Waals surface area contributed by atoms with Crippen LogP contribution in [-0.4, -0.2) is 42.1 Å². The van der Waals surface area contributed by atoms with Crippen molar-refractivity contribution in [1.82, 2.24) is 35.0 Å². The molecule has 4 aromatic heterocycles. The molecule has 0 saturated carbocycles. The fourth-order valence-electron chi connectivity index (χ4n) is 3.25. The summed E-state index contributed by atoms with van der Waals surface area (Å²) in [6.07, 6.45) is 1.65. The van der Waals surface area contributed by atoms with E-state index in [0.717, 1.165) is 0 Å². The highest BCUT2D eigenvalue weighted by Crippen LogP contribution is 2.35. The lowest BCUT2D eigenvalue weighted by Gasteiger charge is -2.08. The van der Waals surface area contributed by atoms with Gasteiger partial charge in [0.25, 0.3) is 5.56 Å². The molecule has 0 saturated heterocycles. The van der Waals surface area contributed by atoms with Crippen LogP contribution >= 0.6 is 0 Å². The second kappa shape index (κ2) is 5.91. The molecule has 10 heteroatoms. The number of ether oxygens (including phenoxy) is 1. The van der Waals surface area contributed by atoms with Crippen molar-refractivity contribution < 1.29 is 4.74 Å². The smallest absolute Gasteiger partial charge is 0.273 e. The predicted octanol–water partition coefficient (Wildman–Crippen LogP) is 1.61. The molecule has 0 atom stereocenters. The maximum atomic E-state index is 12.7. The van der Waals surface area contributed by atoms with E-state index in [-0.39, 0.29) is 5.56 Å². The molecule has 0 aliphatic carbocycles. The second-order valence-corrected chi connectivity index (χ2v) is 6.09. The Morgan fingerprint density at radius 2 is 2.04 bits per heavy atom. The van der Waals surface area contributed by atoms with Crippen LogP contribution in [0.5, 0.6) is 5.75 Å². The molecule has 4 N–H and O–H groups in total. The molecule has 28 heavy (non-hydrogen) atoms. The third-order valence-corrected chi connectivity index (χ3v) is 4.49. The summed E-state index contributed by atoms with van der Waals surface area (Å²) in [5.41, 5.74) is 9.61. The van der Waals surface area contributed by atoms with Crippen molar-refractivity contribution >= 4 is 22.5 Å². The van der Waals surface area contributed by atoms with Gasteiger partial charge in [-0.05, 0) is 24.3 Å². The first kappa shape index (κ1) is 16.0. The molecule has 5 aromatic rings. The number of fused-ring (bicyclic) bond motifs is 2. The minimum absolute atomic E-state index is 0.305. The number of pyridine rings is 1. The van der Waals surface area contributed by atoms with E-state index in [1.54, 1.807) is 30.5 Å². The summed E-state index contributed by atoms with van der Waals surface area (Å²) in [5.74, 6) is 0.782. The van der Waals surface area contributed by atoms with Gasteiger partial charge in [-0.3, -0.25) is 14.9 Å². The Labute approximate surface area is 157 Å². The number of hydrogen-bond donors (Lipinski definition) is 3. The third kappa shape index (κ3) is 2.24. The van der Waals surface area contributed by atoms with Crippen molar-refractivity contribution in [1.29, 1.82) is 0 Å². The van der Waals surface area contributed by atoms with Crippen molar-refractivity contribution in [2.24, 2.45) is 0 Å². The van der Waals surface area contributed by atoms with E-state index in [0.29, 0.717) is 50.8 Å². The van der Waals surface area contributed by atoms with Crippen LogP contribution in [0.3, 0.4) is 0 Å². The quantitative estimate of drug-likeness (QED) is 0.436. The van der Waals surface area contributed by atoms with Crippen LogP contribution in [0.2, 0.25) is 0 Å². The summed E-state index contributed by atoms with van der Waals surface area (Å²) >= 11 is 0. The minimum Gasteiger partial charge on any atom is -0.494 e. The molecule has 0 aliphatic rings. The normalized spacial score (nSPS) is 11.3. The van der Waals surface area contributed by atoms with Crippen molar-refractivity contribution in [3.8, 4) is 28.3 Å². The molecular weight excluding hydrogens is 360 g/mol. The molecule has 5 rings (SSSR count). The number of nitrogens with two attached hydrogens (primary N) is 1. The van der Waals surface area contributed by atoms with Crippen molar-refractivity contribution in [3.63, 3.8) is 0 Å². The number of aromatic amines is 2. The molecule has 0 unspecified atom stereocenters. The molecule has 0 amide bonds. The Morgan fingerprint density at radius 3 is 2.82 bits per heavy atom. The summed E-state index contributed by atoms with van der Waals surface area (Å²) in [5, 5.41) is 13.6. The van der Waals surface area contributed by atoms with Crippen LogP contribution in [0.1, 0.15) is 0 Å². The van der Waals surface area contributed by atoms with Crippen LogP contribution in [0, 0.1) is 0 Å². The van der Waals surface area contributed by atoms with Crippen LogP contribution in [0.25, 0.3) is 39.2 Å². The van der Waals surface area contributed by atoms with Gasteiger partial charge in [0.1, 0.15) is 11.3 Å². The number of aromatic nitrogens is 7. The molecule has 0 aliphatic heterocycles. The number of anilines is 1. The number of rotatable bonds is 3. The minimum atomic E-state index is -0.309. The van der Waals surface area contributed by atoms with Crippen molar-refractivity contribution in [2.75, 3.05) is 12.8 Å². The Hall–Kier alpha value is -4.21. The molecular formula is C18H14N8O2. The molecule has 0 bridgehead atoms. The van der Waals surface area contributed by atoms with Gasteiger partial charge in [0.15, 0.2) is 16.9 Å². The van der Waals surface area contributed by atoms with Gasteiger partial charge >= 0.3 is 0 Å². The van der Waals surface area contributed by atoms with Crippen LogP contribution in [-0.2, 0) is 0 Å². The van der Waals surface area contributed by atoms with Crippen LogP contribution in [0.15, 0.2) is 47.4 Å². The first-order chi connectivity index (χ1) is 13.7. The third-order valence-electron chi connectivity index (χ3n) is 4.49. The molecule has 0 radical (unpaired) electrons. The number of nitrogens with zero attached hydrogens (tertiary/aromatic N) is 5. The molecule has 1 aromatic carbocycles. The zero-order chi connectivity index (χ0) is 19.3. The van der Waals surface area contributed by atoms with E-state index in [1.165, 1.54) is 17.7 Å². The van der Waals surface area contributed by atoms with Gasteiger partial charge in [-0.15, -0.1) is 0 Å². The Morgan fingerprint density at radius 1 is 1.14 bits per heavy atom. The largest absolute Gasteiger partial charge is 0.494 e. The predicted molar refractivity (Wildman–Crippen MR) is 103 cm³/mol. The topological polar surface area (TPSA) is 140 Å². The summed E-state index contributed by atoms with van der Waals surface area (Å²) in [4.78, 5) is 21.7. The average Bonchev–Trinajstić information content (AvgIpc) is 3.31. The number of nitrogen functional groups attached to an aromatic ring is 1. The summed E-state index contributed by atoms with van der Waals surface area (Å²) in [6, 6.07) is 10.4. The van der Waals surface area contributed by atoms with E-state index in [4.69, 9.17) is 10.5 Å². The fraction of sp³-hybridized carbons (Fsp3) is 0.0556. The SMILES string of the molecule is COc1c(-c2cc(=O)n3[nH]c(N)c(-c4ccccn4)c3n2)ccc2n[nH]nc12. The van der Waals surface area contributed by atoms with Gasteiger partial charge in [-0.2, -0.15) is 19.9 Å². The van der Waals surface area contributed by atoms with Gasteiger partial charge in [-0.25, -0.2) is 4.98 Å². The average molecular weight is 374 g/mol. The van der Waals surface area contributed by atoms with Gasteiger partial charge < -0.3 is 10.5 Å². The van der Waals surface area contributed by atoms with E-state index >= 15 is 0 Å². The van der Waals surface area contributed by atoms with Crippen molar-refractivity contribution in [3.05, 3.63) is 52.9 Å². The number of methoxy groups -OCH3 is 1. The Balaban J connectivity index is 1.82. The van der Waals surface area contributed by atoms with Gasteiger partial charge in [-0.1, -0.05) is 6.07 Å². The van der Waals surface area contributed by atoms with Crippen LogP contribution < -0.4 is 16.0 Å². The highest BCUT2D eigenvalue weighted by molar-refractivity contribution is 5.90. The number of benzene rings is 1. The summed E-state index contributed by atoms with van der Waals surface area (Å²) in [6.45, 7) is 0. The van der Waals surface area contributed by atoms with E-state index in [2.05, 4.69) is 30.5 Å². The maximum Gasteiger partial charge on any atom is 0.273 e. The van der Waals surface area contributed by atoms with Gasteiger partial charge in [0.2, 0.25) is 0 Å². The monoisotopic (exact) mass is 374 g/mol. The van der Waals surface area contributed by atoms with Gasteiger partial charge in [0, 0.05) is 17.8 Å². The lowest BCUT2D eigenvalue weighted by Crippen LogP contribution is -2.14. The van der Waals surface area contributed by atoms with Crippen LogP contribution in [0.4, 0.5) is 5.82 Å². The van der Waals surface area contributed by atoms with Gasteiger partial charge in [0.05, 0.1) is 24.1 Å². The number of nitrogens with one attached hydrogen (secondary N) is 2. The molecule has 0 fully saturated rings. The van der Waals surface area contributed by atoms with E-state index in [1.807, 2.05) is 6.07 Å². The molecule has 4 heterocycles. The molecule has 10 nitrogen and oxygen atoms in total. The summed E-state index contributed by atoms with van der Waals surface area (Å²) in [7, 11) is 1.53. The Bertz CT molecular complexity index is 1380. The zero-order valence-corrected chi connectivity index (χ0v) is 14.7. The first-order valence-electron chi connectivity index (χ1n) is 8.38. The Kier molecular flexibility index (Phi) is 3.38. The zero-order valence-electron chi connectivity index (χ0n) is 14.7. The summed E-state index contributed by atoms with van der Waals surface area (Å²) < 4.78 is 6.82. The lowest BCUT2D eigenvalue weighted by atomic mass is 10.1. The van der Waals surface area contributed by atoms with Crippen molar-refractivity contribution in [2.45, 2.75) is 0 Å². The highest BCUT2D eigenvalue weighted by atomic mass is 16.5. The van der Waals surface area contributed by atoms with E-state index < -0.39 is 0 Å². The maximum absolute atomic E-state index is 12.7. The number of H-pyrrole nitrogens is 2.